The van der Waals surface area contributed by atoms with Gasteiger partial charge in [0, 0.05) is 29.4 Å². The Bertz CT molecular complexity index is 569. The maximum absolute atomic E-state index is 6.21. The quantitative estimate of drug-likeness (QED) is 0.917. The third-order valence-electron chi connectivity index (χ3n) is 3.31. The predicted molar refractivity (Wildman–Crippen MR) is 83.9 cm³/mol. The van der Waals surface area contributed by atoms with Crippen molar-refractivity contribution in [3.63, 3.8) is 0 Å². The standard InChI is InChI=1S/C16H22ClN3/c1-12(14-7-5-6-8-15(14)17)18-9-13-10-19-20(11-13)16(2,3)4/h5-8,10-12,18H,9H2,1-4H3/t12-/m0/s1. The van der Waals surface area contributed by atoms with Gasteiger partial charge in [-0.3, -0.25) is 4.68 Å². The molecule has 1 atom stereocenters. The van der Waals surface area contributed by atoms with Gasteiger partial charge in [-0.25, -0.2) is 0 Å². The molecule has 1 aromatic heterocycles. The summed E-state index contributed by atoms with van der Waals surface area (Å²) in [5, 5.41) is 8.69. The SMILES string of the molecule is C[C@H](NCc1cnn(C(C)(C)C)c1)c1ccccc1Cl. The molecule has 0 radical (unpaired) electrons. The second kappa shape index (κ2) is 5.98. The van der Waals surface area contributed by atoms with Crippen LogP contribution in [0.4, 0.5) is 0 Å². The molecule has 108 valence electrons. The maximum Gasteiger partial charge on any atom is 0.0543 e. The van der Waals surface area contributed by atoms with Crippen LogP contribution < -0.4 is 5.32 Å². The normalized spacial score (nSPS) is 13.4. The van der Waals surface area contributed by atoms with Crippen LogP contribution in [0.5, 0.6) is 0 Å². The first-order valence-electron chi connectivity index (χ1n) is 6.90. The second-order valence-corrected chi connectivity index (χ2v) is 6.50. The van der Waals surface area contributed by atoms with Crippen LogP contribution in [0.2, 0.25) is 5.02 Å². The minimum atomic E-state index is 0.0204. The molecule has 20 heavy (non-hydrogen) atoms. The molecule has 1 N–H and O–H groups in total. The molecular weight excluding hydrogens is 270 g/mol. The lowest BCUT2D eigenvalue weighted by molar-refractivity contribution is 0.355. The summed E-state index contributed by atoms with van der Waals surface area (Å²) in [4.78, 5) is 0. The van der Waals surface area contributed by atoms with E-state index in [0.29, 0.717) is 0 Å². The molecule has 0 amide bonds. The fourth-order valence-corrected chi connectivity index (χ4v) is 2.32. The highest BCUT2D eigenvalue weighted by molar-refractivity contribution is 6.31. The molecule has 0 aliphatic carbocycles. The van der Waals surface area contributed by atoms with Crippen LogP contribution in [-0.2, 0) is 12.1 Å². The van der Waals surface area contributed by atoms with E-state index in [-0.39, 0.29) is 11.6 Å². The molecule has 0 spiro atoms. The first-order valence-corrected chi connectivity index (χ1v) is 7.27. The second-order valence-electron chi connectivity index (χ2n) is 6.09. The number of hydrogen-bond acceptors (Lipinski definition) is 2. The van der Waals surface area contributed by atoms with Crippen LogP contribution in [0.3, 0.4) is 0 Å². The summed E-state index contributed by atoms with van der Waals surface area (Å²) in [5.74, 6) is 0. The monoisotopic (exact) mass is 291 g/mol. The van der Waals surface area contributed by atoms with Gasteiger partial charge in [-0.15, -0.1) is 0 Å². The van der Waals surface area contributed by atoms with Crippen LogP contribution >= 0.6 is 11.6 Å². The van der Waals surface area contributed by atoms with E-state index in [4.69, 9.17) is 11.6 Å². The molecule has 0 unspecified atom stereocenters. The van der Waals surface area contributed by atoms with Crippen molar-refractivity contribution in [3.8, 4) is 0 Å². The van der Waals surface area contributed by atoms with E-state index >= 15 is 0 Å². The van der Waals surface area contributed by atoms with Crippen molar-refractivity contribution < 1.29 is 0 Å². The van der Waals surface area contributed by atoms with Crippen molar-refractivity contribution in [1.82, 2.24) is 15.1 Å². The van der Waals surface area contributed by atoms with Gasteiger partial charge in [-0.1, -0.05) is 29.8 Å². The highest BCUT2D eigenvalue weighted by atomic mass is 35.5. The number of hydrogen-bond donors (Lipinski definition) is 1. The van der Waals surface area contributed by atoms with Gasteiger partial charge < -0.3 is 5.32 Å². The maximum atomic E-state index is 6.21. The molecule has 4 heteroatoms. The van der Waals surface area contributed by atoms with Crippen LogP contribution in [0, 0.1) is 0 Å². The number of nitrogens with zero attached hydrogens (tertiary/aromatic N) is 2. The van der Waals surface area contributed by atoms with Crippen LogP contribution in [0.15, 0.2) is 36.7 Å². The van der Waals surface area contributed by atoms with E-state index in [2.05, 4.69) is 50.4 Å². The fraction of sp³-hybridized carbons (Fsp3) is 0.438. The Kier molecular flexibility index (Phi) is 4.51. The van der Waals surface area contributed by atoms with Crippen molar-refractivity contribution in [2.45, 2.75) is 45.8 Å². The van der Waals surface area contributed by atoms with E-state index in [1.54, 1.807) is 0 Å². The largest absolute Gasteiger partial charge is 0.306 e. The number of benzene rings is 1. The average molecular weight is 292 g/mol. The number of rotatable bonds is 4. The number of nitrogens with one attached hydrogen (secondary N) is 1. The first kappa shape index (κ1) is 15.1. The minimum absolute atomic E-state index is 0.0204. The minimum Gasteiger partial charge on any atom is -0.306 e. The summed E-state index contributed by atoms with van der Waals surface area (Å²) in [5.41, 5.74) is 2.32. The lowest BCUT2D eigenvalue weighted by Crippen LogP contribution is -2.22. The van der Waals surface area contributed by atoms with Crippen LogP contribution in [-0.4, -0.2) is 9.78 Å². The lowest BCUT2D eigenvalue weighted by Gasteiger charge is -2.19. The molecule has 0 saturated heterocycles. The average Bonchev–Trinajstić information content (AvgIpc) is 2.85. The van der Waals surface area contributed by atoms with E-state index < -0.39 is 0 Å². The van der Waals surface area contributed by atoms with Gasteiger partial charge in [0.05, 0.1) is 11.7 Å². The highest BCUT2D eigenvalue weighted by Gasteiger charge is 2.14. The Morgan fingerprint density at radius 1 is 1.30 bits per heavy atom. The van der Waals surface area contributed by atoms with Crippen molar-refractivity contribution in [2.75, 3.05) is 0 Å². The summed E-state index contributed by atoms with van der Waals surface area (Å²) in [6.07, 6.45) is 4.00. The van der Waals surface area contributed by atoms with E-state index in [9.17, 15) is 0 Å². The fourth-order valence-electron chi connectivity index (χ4n) is 2.03. The molecular formula is C16H22ClN3. The molecule has 1 aromatic carbocycles. The van der Waals surface area contributed by atoms with Crippen molar-refractivity contribution >= 4 is 11.6 Å². The Labute approximate surface area is 126 Å². The van der Waals surface area contributed by atoms with Crippen molar-refractivity contribution in [1.29, 1.82) is 0 Å². The number of aromatic nitrogens is 2. The van der Waals surface area contributed by atoms with Crippen LogP contribution in [0.1, 0.15) is 44.9 Å². The molecule has 2 rings (SSSR count). The van der Waals surface area contributed by atoms with E-state index in [1.807, 2.05) is 29.1 Å². The first-order chi connectivity index (χ1) is 9.38. The van der Waals surface area contributed by atoms with Crippen LogP contribution in [0.25, 0.3) is 0 Å². The van der Waals surface area contributed by atoms with Gasteiger partial charge in [0.2, 0.25) is 0 Å². The molecule has 0 saturated carbocycles. The zero-order valence-corrected chi connectivity index (χ0v) is 13.3. The zero-order valence-electron chi connectivity index (χ0n) is 12.5. The third-order valence-corrected chi connectivity index (χ3v) is 3.65. The molecule has 2 aromatic rings. The summed E-state index contributed by atoms with van der Waals surface area (Å²) in [6.45, 7) is 9.33. The Hall–Kier alpha value is -1.32. The Morgan fingerprint density at radius 3 is 2.60 bits per heavy atom. The van der Waals surface area contributed by atoms with Gasteiger partial charge in [0.25, 0.3) is 0 Å². The topological polar surface area (TPSA) is 29.9 Å². The Morgan fingerprint density at radius 2 is 2.00 bits per heavy atom. The lowest BCUT2D eigenvalue weighted by atomic mass is 10.1. The van der Waals surface area contributed by atoms with Crippen molar-refractivity contribution in [3.05, 3.63) is 52.8 Å². The molecule has 0 bridgehead atoms. The summed E-state index contributed by atoms with van der Waals surface area (Å²) < 4.78 is 1.99. The summed E-state index contributed by atoms with van der Waals surface area (Å²) in [7, 11) is 0. The highest BCUT2D eigenvalue weighted by Crippen LogP contribution is 2.22. The summed E-state index contributed by atoms with van der Waals surface area (Å²) in [6, 6.07) is 8.15. The molecule has 0 fully saturated rings. The molecule has 0 aliphatic rings. The van der Waals surface area contributed by atoms with E-state index in [1.165, 1.54) is 5.56 Å². The van der Waals surface area contributed by atoms with Crippen molar-refractivity contribution in [2.24, 2.45) is 0 Å². The molecule has 1 heterocycles. The zero-order chi connectivity index (χ0) is 14.8. The van der Waals surface area contributed by atoms with Gasteiger partial charge in [0.1, 0.15) is 0 Å². The van der Waals surface area contributed by atoms with E-state index in [0.717, 1.165) is 17.1 Å². The molecule has 0 aliphatic heterocycles. The van der Waals surface area contributed by atoms with Gasteiger partial charge >= 0.3 is 0 Å². The summed E-state index contributed by atoms with van der Waals surface area (Å²) >= 11 is 6.21. The van der Waals surface area contributed by atoms with Gasteiger partial charge in [-0.2, -0.15) is 5.10 Å². The predicted octanol–water partition coefficient (Wildman–Crippen LogP) is 4.14. The Balaban J connectivity index is 1.99. The smallest absolute Gasteiger partial charge is 0.0543 e. The molecule has 3 nitrogen and oxygen atoms in total. The van der Waals surface area contributed by atoms with Gasteiger partial charge in [0.15, 0.2) is 0 Å². The number of halogens is 1. The van der Waals surface area contributed by atoms with Gasteiger partial charge in [-0.05, 0) is 39.3 Å². The third kappa shape index (κ3) is 3.62.